The topological polar surface area (TPSA) is 21.3 Å². The van der Waals surface area contributed by atoms with E-state index in [2.05, 4.69) is 12.2 Å². The molecule has 1 N–H and O–H groups in total. The Morgan fingerprint density at radius 2 is 2.40 bits per heavy atom. The van der Waals surface area contributed by atoms with E-state index in [9.17, 15) is 4.39 Å². The van der Waals surface area contributed by atoms with E-state index in [1.165, 1.54) is 6.07 Å². The molecule has 0 fully saturated rings. The van der Waals surface area contributed by atoms with Crippen molar-refractivity contribution in [3.63, 3.8) is 0 Å². The smallest absolute Gasteiger partial charge is 0.130 e. The molecule has 2 atom stereocenters. The van der Waals surface area contributed by atoms with Crippen molar-refractivity contribution in [3.05, 3.63) is 29.6 Å². The summed E-state index contributed by atoms with van der Waals surface area (Å²) in [6.45, 7) is 2.70. The quantitative estimate of drug-likeness (QED) is 0.824. The number of benzene rings is 1. The van der Waals surface area contributed by atoms with Gasteiger partial charge in [-0.05, 0) is 32.5 Å². The van der Waals surface area contributed by atoms with E-state index >= 15 is 0 Å². The zero-order chi connectivity index (χ0) is 10.8. The number of rotatable bonds is 3. The van der Waals surface area contributed by atoms with Crippen LogP contribution >= 0.6 is 0 Å². The first-order valence-electron chi connectivity index (χ1n) is 5.31. The van der Waals surface area contributed by atoms with Crippen LogP contribution in [0.4, 0.5) is 4.39 Å². The maximum absolute atomic E-state index is 13.6. The summed E-state index contributed by atoms with van der Waals surface area (Å²) in [6.07, 6.45) is 0.907. The van der Waals surface area contributed by atoms with E-state index in [1.807, 2.05) is 13.1 Å². The van der Waals surface area contributed by atoms with Gasteiger partial charge in [0.1, 0.15) is 11.6 Å². The van der Waals surface area contributed by atoms with Gasteiger partial charge in [-0.3, -0.25) is 0 Å². The molecule has 1 aromatic carbocycles. The van der Waals surface area contributed by atoms with E-state index in [0.717, 1.165) is 12.0 Å². The van der Waals surface area contributed by atoms with Crippen LogP contribution in [-0.4, -0.2) is 19.7 Å². The van der Waals surface area contributed by atoms with Gasteiger partial charge >= 0.3 is 0 Å². The van der Waals surface area contributed by atoms with Crippen molar-refractivity contribution in [1.29, 1.82) is 0 Å². The summed E-state index contributed by atoms with van der Waals surface area (Å²) < 4.78 is 19.1. The fourth-order valence-corrected chi connectivity index (χ4v) is 2.04. The molecule has 1 aliphatic heterocycles. The molecule has 0 amide bonds. The first-order chi connectivity index (χ1) is 7.22. The number of halogens is 1. The summed E-state index contributed by atoms with van der Waals surface area (Å²) in [6, 6.07) is 5.41. The summed E-state index contributed by atoms with van der Waals surface area (Å²) in [5.74, 6) is 0.755. The Morgan fingerprint density at radius 1 is 1.60 bits per heavy atom. The maximum atomic E-state index is 13.6. The minimum atomic E-state index is -0.140. The molecule has 0 saturated heterocycles. The molecule has 1 aromatic rings. The molecule has 2 rings (SSSR count). The molecule has 2 unspecified atom stereocenters. The lowest BCUT2D eigenvalue weighted by atomic mass is 9.94. The Hall–Kier alpha value is -1.09. The van der Waals surface area contributed by atoms with Gasteiger partial charge in [-0.15, -0.1) is 0 Å². The van der Waals surface area contributed by atoms with Crippen molar-refractivity contribution in [1.82, 2.24) is 5.32 Å². The second kappa shape index (κ2) is 4.19. The first kappa shape index (κ1) is 10.4. The van der Waals surface area contributed by atoms with Crippen LogP contribution in [-0.2, 0) is 0 Å². The lowest BCUT2D eigenvalue weighted by Crippen LogP contribution is -2.24. The van der Waals surface area contributed by atoms with Crippen molar-refractivity contribution in [2.75, 3.05) is 13.7 Å². The van der Waals surface area contributed by atoms with E-state index in [-0.39, 0.29) is 11.7 Å². The van der Waals surface area contributed by atoms with Crippen molar-refractivity contribution in [2.45, 2.75) is 25.3 Å². The van der Waals surface area contributed by atoms with Gasteiger partial charge in [-0.2, -0.15) is 0 Å². The lowest BCUT2D eigenvalue weighted by Gasteiger charge is -2.15. The number of hydrogen-bond donors (Lipinski definition) is 1. The summed E-state index contributed by atoms with van der Waals surface area (Å²) in [7, 11) is 1.92. The number of nitrogens with one attached hydrogen (secondary N) is 1. The molecule has 0 radical (unpaired) electrons. The van der Waals surface area contributed by atoms with Crippen LogP contribution in [0, 0.1) is 5.82 Å². The van der Waals surface area contributed by atoms with Gasteiger partial charge in [0.15, 0.2) is 0 Å². The summed E-state index contributed by atoms with van der Waals surface area (Å²) in [5.41, 5.74) is 0.750. The molecule has 15 heavy (non-hydrogen) atoms. The summed E-state index contributed by atoms with van der Waals surface area (Å²) >= 11 is 0. The van der Waals surface area contributed by atoms with Gasteiger partial charge in [0.2, 0.25) is 0 Å². The third kappa shape index (κ3) is 1.97. The van der Waals surface area contributed by atoms with Crippen LogP contribution < -0.4 is 10.1 Å². The molecular weight excluding hydrogens is 193 g/mol. The van der Waals surface area contributed by atoms with Crippen molar-refractivity contribution in [3.8, 4) is 5.75 Å². The van der Waals surface area contributed by atoms with Gasteiger partial charge in [-0.1, -0.05) is 6.07 Å². The predicted octanol–water partition coefficient (Wildman–Crippen LogP) is 2.30. The molecule has 1 aliphatic rings. The third-order valence-electron chi connectivity index (χ3n) is 2.99. The molecule has 0 spiro atoms. The van der Waals surface area contributed by atoms with Gasteiger partial charge in [0, 0.05) is 17.5 Å². The Balaban J connectivity index is 2.20. The fourth-order valence-electron chi connectivity index (χ4n) is 2.04. The molecule has 0 saturated carbocycles. The van der Waals surface area contributed by atoms with Crippen molar-refractivity contribution < 1.29 is 9.13 Å². The summed E-state index contributed by atoms with van der Waals surface area (Å²) in [5, 5.41) is 3.16. The molecule has 2 nitrogen and oxygen atoms in total. The molecule has 0 aliphatic carbocycles. The number of fused-ring (bicyclic) bond motifs is 1. The Bertz CT molecular complexity index is 353. The van der Waals surface area contributed by atoms with Crippen LogP contribution in [0.25, 0.3) is 0 Å². The average molecular weight is 209 g/mol. The predicted molar refractivity (Wildman–Crippen MR) is 57.8 cm³/mol. The first-order valence-corrected chi connectivity index (χ1v) is 5.31. The zero-order valence-electron chi connectivity index (χ0n) is 9.09. The van der Waals surface area contributed by atoms with E-state index in [0.29, 0.717) is 18.4 Å². The second-order valence-electron chi connectivity index (χ2n) is 4.08. The largest absolute Gasteiger partial charge is 0.493 e. The Morgan fingerprint density at radius 3 is 3.13 bits per heavy atom. The van der Waals surface area contributed by atoms with Crippen molar-refractivity contribution in [2.24, 2.45) is 0 Å². The molecule has 82 valence electrons. The fraction of sp³-hybridized carbons (Fsp3) is 0.500. The highest BCUT2D eigenvalue weighted by molar-refractivity contribution is 5.40. The second-order valence-corrected chi connectivity index (χ2v) is 4.08. The summed E-state index contributed by atoms with van der Waals surface area (Å²) in [4.78, 5) is 0. The number of ether oxygens (including phenoxy) is 1. The van der Waals surface area contributed by atoms with Gasteiger partial charge in [0.05, 0.1) is 6.61 Å². The monoisotopic (exact) mass is 209 g/mol. The van der Waals surface area contributed by atoms with Crippen LogP contribution in [0.2, 0.25) is 0 Å². The molecule has 0 aromatic heterocycles. The Kier molecular flexibility index (Phi) is 2.91. The SMILES string of the molecule is CNC(C)CC1COc2cccc(F)c21. The van der Waals surface area contributed by atoms with Gasteiger partial charge in [-0.25, -0.2) is 4.39 Å². The van der Waals surface area contributed by atoms with E-state index in [4.69, 9.17) is 4.74 Å². The maximum Gasteiger partial charge on any atom is 0.130 e. The van der Waals surface area contributed by atoms with Crippen molar-refractivity contribution >= 4 is 0 Å². The highest BCUT2D eigenvalue weighted by Crippen LogP contribution is 2.37. The molecule has 3 heteroatoms. The highest BCUT2D eigenvalue weighted by Gasteiger charge is 2.28. The average Bonchev–Trinajstić information content (AvgIpc) is 2.63. The minimum absolute atomic E-state index is 0.140. The van der Waals surface area contributed by atoms with Gasteiger partial charge in [0.25, 0.3) is 0 Å². The van der Waals surface area contributed by atoms with E-state index < -0.39 is 0 Å². The molecular formula is C12H16FNO. The zero-order valence-corrected chi connectivity index (χ0v) is 9.09. The Labute approximate surface area is 89.4 Å². The van der Waals surface area contributed by atoms with E-state index in [1.54, 1.807) is 6.07 Å². The normalized spacial score (nSPS) is 20.9. The standard InChI is InChI=1S/C12H16FNO/c1-8(14-2)6-9-7-15-11-5-3-4-10(13)12(9)11/h3-5,8-9,14H,6-7H2,1-2H3. The number of hydrogen-bond acceptors (Lipinski definition) is 2. The third-order valence-corrected chi connectivity index (χ3v) is 2.99. The highest BCUT2D eigenvalue weighted by atomic mass is 19.1. The molecule has 1 heterocycles. The van der Waals surface area contributed by atoms with Crippen LogP contribution in [0.15, 0.2) is 18.2 Å². The minimum Gasteiger partial charge on any atom is -0.493 e. The van der Waals surface area contributed by atoms with Crippen LogP contribution in [0.5, 0.6) is 5.75 Å². The molecule has 0 bridgehead atoms. The van der Waals surface area contributed by atoms with Gasteiger partial charge < -0.3 is 10.1 Å². The van der Waals surface area contributed by atoms with Crippen LogP contribution in [0.3, 0.4) is 0 Å². The van der Waals surface area contributed by atoms with Crippen LogP contribution in [0.1, 0.15) is 24.8 Å². The lowest BCUT2D eigenvalue weighted by molar-refractivity contribution is 0.315.